The number of phosphoric acid groups is 1. The van der Waals surface area contributed by atoms with E-state index in [1.165, 1.54) is 24.3 Å². The monoisotopic (exact) mass is 273 g/mol. The Labute approximate surface area is 106 Å². The third-order valence-corrected chi connectivity index (χ3v) is 3.51. The van der Waals surface area contributed by atoms with Crippen molar-refractivity contribution in [2.24, 2.45) is 5.73 Å². The molecule has 0 aromatic heterocycles. The van der Waals surface area contributed by atoms with Crippen molar-refractivity contribution >= 4 is 13.7 Å². The zero-order chi connectivity index (χ0) is 13.6. The first kappa shape index (κ1) is 14.7. The van der Waals surface area contributed by atoms with Gasteiger partial charge in [-0.25, -0.2) is 4.57 Å². The fourth-order valence-electron chi connectivity index (χ4n) is 1.22. The summed E-state index contributed by atoms with van der Waals surface area (Å²) in [4.78, 5) is 10.9. The van der Waals surface area contributed by atoms with Gasteiger partial charge in [-0.2, -0.15) is 0 Å². The zero-order valence-electron chi connectivity index (χ0n) is 10.3. The van der Waals surface area contributed by atoms with Crippen LogP contribution in [0.2, 0.25) is 0 Å². The van der Waals surface area contributed by atoms with E-state index in [0.717, 1.165) is 0 Å². The Morgan fingerprint density at radius 3 is 2.06 bits per heavy atom. The van der Waals surface area contributed by atoms with Crippen LogP contribution in [0.25, 0.3) is 0 Å². The lowest BCUT2D eigenvalue weighted by Crippen LogP contribution is -2.10. The van der Waals surface area contributed by atoms with Crippen LogP contribution in [0.15, 0.2) is 24.3 Å². The molecule has 1 rings (SSSR count). The second-order valence-electron chi connectivity index (χ2n) is 3.26. The number of hydrogen-bond donors (Lipinski definition) is 1. The minimum atomic E-state index is -3.60. The van der Waals surface area contributed by atoms with Gasteiger partial charge >= 0.3 is 7.82 Å². The average Bonchev–Trinajstić information content (AvgIpc) is 2.30. The highest BCUT2D eigenvalue weighted by atomic mass is 31.2. The summed E-state index contributed by atoms with van der Waals surface area (Å²) >= 11 is 0. The molecule has 1 aromatic rings. The minimum Gasteiger partial charge on any atom is -0.404 e. The molecule has 0 aliphatic carbocycles. The molecule has 18 heavy (non-hydrogen) atoms. The fourth-order valence-corrected chi connectivity index (χ4v) is 2.41. The van der Waals surface area contributed by atoms with E-state index in [2.05, 4.69) is 0 Å². The first-order valence-electron chi connectivity index (χ1n) is 5.49. The predicted molar refractivity (Wildman–Crippen MR) is 66.4 cm³/mol. The van der Waals surface area contributed by atoms with E-state index in [4.69, 9.17) is 19.3 Å². The van der Waals surface area contributed by atoms with Crippen LogP contribution in [0.5, 0.6) is 5.75 Å². The third kappa shape index (κ3) is 4.14. The van der Waals surface area contributed by atoms with Crippen LogP contribution in [-0.4, -0.2) is 19.1 Å². The van der Waals surface area contributed by atoms with Crippen LogP contribution in [0.4, 0.5) is 0 Å². The summed E-state index contributed by atoms with van der Waals surface area (Å²) in [6, 6.07) is 5.90. The van der Waals surface area contributed by atoms with Gasteiger partial charge in [0, 0.05) is 5.56 Å². The van der Waals surface area contributed by atoms with Crippen LogP contribution < -0.4 is 10.3 Å². The molecular formula is C11H16NO5P. The summed E-state index contributed by atoms with van der Waals surface area (Å²) < 4.78 is 27.2. The number of phosphoric ester groups is 1. The minimum absolute atomic E-state index is 0.205. The van der Waals surface area contributed by atoms with Crippen molar-refractivity contribution in [1.29, 1.82) is 0 Å². The van der Waals surface area contributed by atoms with E-state index in [-0.39, 0.29) is 19.0 Å². The Bertz CT molecular complexity index is 435. The highest BCUT2D eigenvalue weighted by Gasteiger charge is 2.27. The number of nitrogens with two attached hydrogens (primary N) is 1. The van der Waals surface area contributed by atoms with Crippen molar-refractivity contribution in [1.82, 2.24) is 0 Å². The number of carbonyl (C=O) groups excluding carboxylic acids is 1. The maximum atomic E-state index is 12.0. The summed E-state index contributed by atoms with van der Waals surface area (Å²) in [5.41, 5.74) is 5.44. The number of primary amides is 1. The standard InChI is InChI=1S/C11H16NO5P/c1-3-15-18(14,16-4-2)17-10-7-5-9(6-8-10)11(12)13/h5-8H,3-4H2,1-2H3,(H2,12,13). The van der Waals surface area contributed by atoms with Gasteiger partial charge in [-0.05, 0) is 38.1 Å². The van der Waals surface area contributed by atoms with Gasteiger partial charge < -0.3 is 10.3 Å². The number of hydrogen-bond acceptors (Lipinski definition) is 5. The van der Waals surface area contributed by atoms with Crippen molar-refractivity contribution in [2.75, 3.05) is 13.2 Å². The molecular weight excluding hydrogens is 257 g/mol. The molecule has 0 aliphatic rings. The van der Waals surface area contributed by atoms with Gasteiger partial charge in [0.2, 0.25) is 5.91 Å². The molecule has 0 spiro atoms. The number of amides is 1. The molecule has 2 N–H and O–H groups in total. The Hall–Kier alpha value is -1.36. The normalized spacial score (nSPS) is 11.2. The first-order valence-corrected chi connectivity index (χ1v) is 6.95. The van der Waals surface area contributed by atoms with E-state index in [1.807, 2.05) is 0 Å². The van der Waals surface area contributed by atoms with Gasteiger partial charge in [-0.15, -0.1) is 0 Å². The lowest BCUT2D eigenvalue weighted by atomic mass is 10.2. The van der Waals surface area contributed by atoms with E-state index in [0.29, 0.717) is 5.56 Å². The molecule has 0 unspecified atom stereocenters. The summed E-state index contributed by atoms with van der Waals surface area (Å²) in [6.45, 7) is 3.78. The third-order valence-electron chi connectivity index (χ3n) is 1.93. The Kier molecular flexibility index (Phi) is 5.34. The Morgan fingerprint density at radius 1 is 1.17 bits per heavy atom. The van der Waals surface area contributed by atoms with Crippen molar-refractivity contribution < 1.29 is 22.9 Å². The Balaban J connectivity index is 2.81. The van der Waals surface area contributed by atoms with Crippen LogP contribution in [0.1, 0.15) is 24.2 Å². The molecule has 0 radical (unpaired) electrons. The fraction of sp³-hybridized carbons (Fsp3) is 0.364. The second-order valence-corrected chi connectivity index (χ2v) is 4.86. The van der Waals surface area contributed by atoms with Gasteiger partial charge in [-0.3, -0.25) is 13.8 Å². The molecule has 0 fully saturated rings. The van der Waals surface area contributed by atoms with Crippen LogP contribution in [-0.2, 0) is 13.6 Å². The van der Waals surface area contributed by atoms with Crippen LogP contribution in [0, 0.1) is 0 Å². The summed E-state index contributed by atoms with van der Waals surface area (Å²) in [6.07, 6.45) is 0. The molecule has 100 valence electrons. The molecule has 0 bridgehead atoms. The van der Waals surface area contributed by atoms with Crippen molar-refractivity contribution in [2.45, 2.75) is 13.8 Å². The molecule has 0 atom stereocenters. The van der Waals surface area contributed by atoms with E-state index < -0.39 is 13.7 Å². The predicted octanol–water partition coefficient (Wildman–Crippen LogP) is 2.35. The van der Waals surface area contributed by atoms with Gasteiger partial charge in [0.25, 0.3) is 0 Å². The maximum absolute atomic E-state index is 12.0. The number of rotatable bonds is 7. The van der Waals surface area contributed by atoms with Crippen LogP contribution >= 0.6 is 7.82 Å². The average molecular weight is 273 g/mol. The van der Waals surface area contributed by atoms with E-state index in [1.54, 1.807) is 13.8 Å². The van der Waals surface area contributed by atoms with Crippen molar-refractivity contribution in [3.8, 4) is 5.75 Å². The highest BCUT2D eigenvalue weighted by Crippen LogP contribution is 2.49. The smallest absolute Gasteiger partial charge is 0.404 e. The van der Waals surface area contributed by atoms with E-state index >= 15 is 0 Å². The lowest BCUT2D eigenvalue weighted by Gasteiger charge is -2.16. The maximum Gasteiger partial charge on any atom is 0.530 e. The van der Waals surface area contributed by atoms with Gasteiger partial charge in [0.1, 0.15) is 5.75 Å². The molecule has 1 amide bonds. The summed E-state index contributed by atoms with van der Waals surface area (Å²) in [5.74, 6) is -0.260. The summed E-state index contributed by atoms with van der Waals surface area (Å²) in [7, 11) is -3.60. The Morgan fingerprint density at radius 2 is 1.67 bits per heavy atom. The molecule has 0 saturated carbocycles. The van der Waals surface area contributed by atoms with Crippen molar-refractivity contribution in [3.63, 3.8) is 0 Å². The lowest BCUT2D eigenvalue weighted by molar-refractivity contribution is 0.100. The van der Waals surface area contributed by atoms with Crippen LogP contribution in [0.3, 0.4) is 0 Å². The van der Waals surface area contributed by atoms with Gasteiger partial charge in [-0.1, -0.05) is 0 Å². The number of carbonyl (C=O) groups is 1. The SMILES string of the molecule is CCOP(=O)(OCC)Oc1ccc(C(N)=O)cc1. The molecule has 0 aliphatic heterocycles. The van der Waals surface area contributed by atoms with Crippen molar-refractivity contribution in [3.05, 3.63) is 29.8 Å². The quantitative estimate of drug-likeness (QED) is 0.770. The summed E-state index contributed by atoms with van der Waals surface area (Å²) in [5, 5.41) is 0. The van der Waals surface area contributed by atoms with Gasteiger partial charge in [0.05, 0.1) is 13.2 Å². The second kappa shape index (κ2) is 6.54. The topological polar surface area (TPSA) is 87.8 Å². The highest BCUT2D eigenvalue weighted by molar-refractivity contribution is 7.48. The van der Waals surface area contributed by atoms with Gasteiger partial charge in [0.15, 0.2) is 0 Å². The molecule has 7 heteroatoms. The zero-order valence-corrected chi connectivity index (χ0v) is 11.2. The molecule has 1 aromatic carbocycles. The number of benzene rings is 1. The molecule has 0 heterocycles. The largest absolute Gasteiger partial charge is 0.530 e. The van der Waals surface area contributed by atoms with E-state index in [9.17, 15) is 9.36 Å². The molecule has 6 nitrogen and oxygen atoms in total. The molecule has 0 saturated heterocycles. The first-order chi connectivity index (χ1) is 8.50.